The van der Waals surface area contributed by atoms with Crippen LogP contribution in [0.1, 0.15) is 24.8 Å². The van der Waals surface area contributed by atoms with E-state index in [1.165, 1.54) is 4.68 Å². The summed E-state index contributed by atoms with van der Waals surface area (Å²) in [6, 6.07) is 4.26. The maximum Gasteiger partial charge on any atom is 0.246 e. The summed E-state index contributed by atoms with van der Waals surface area (Å²) in [6.45, 7) is 0. The lowest BCUT2D eigenvalue weighted by atomic mass is 9.93. The summed E-state index contributed by atoms with van der Waals surface area (Å²) in [4.78, 5) is 22.0. The van der Waals surface area contributed by atoms with E-state index < -0.39 is 11.7 Å². The molecule has 11 heteroatoms. The Morgan fingerprint density at radius 1 is 1.22 bits per heavy atom. The van der Waals surface area contributed by atoms with Gasteiger partial charge in [0.25, 0.3) is 0 Å². The number of benzene rings is 1. The zero-order valence-electron chi connectivity index (χ0n) is 17.9. The van der Waals surface area contributed by atoms with Crippen molar-refractivity contribution in [3.63, 3.8) is 0 Å². The van der Waals surface area contributed by atoms with Crippen molar-refractivity contribution in [2.45, 2.75) is 37.4 Å². The van der Waals surface area contributed by atoms with E-state index in [1.807, 2.05) is 7.05 Å². The van der Waals surface area contributed by atoms with Crippen molar-refractivity contribution in [2.75, 3.05) is 14.1 Å². The number of aliphatic imine (C=N–C) groups is 1. The molecule has 4 aliphatic heterocycles. The molecule has 0 saturated carbocycles. The molecule has 2 bridgehead atoms. The van der Waals surface area contributed by atoms with E-state index in [1.54, 1.807) is 31.1 Å². The lowest BCUT2D eigenvalue weighted by Gasteiger charge is -2.36. The van der Waals surface area contributed by atoms with Crippen molar-refractivity contribution in [3.05, 3.63) is 28.7 Å². The van der Waals surface area contributed by atoms with E-state index in [4.69, 9.17) is 16.6 Å². The van der Waals surface area contributed by atoms with Gasteiger partial charge in [-0.1, -0.05) is 11.6 Å². The molecule has 0 aliphatic carbocycles. The van der Waals surface area contributed by atoms with Gasteiger partial charge in [0.05, 0.1) is 16.6 Å². The molecular formula is C21H22ClFN8O. The van der Waals surface area contributed by atoms with Gasteiger partial charge in [0.15, 0.2) is 5.84 Å². The highest BCUT2D eigenvalue weighted by Crippen LogP contribution is 2.40. The molecule has 1 unspecified atom stereocenters. The zero-order valence-corrected chi connectivity index (χ0v) is 18.6. The molecule has 32 heavy (non-hydrogen) atoms. The fourth-order valence-corrected chi connectivity index (χ4v) is 5.81. The van der Waals surface area contributed by atoms with Gasteiger partial charge in [-0.25, -0.2) is 4.39 Å². The van der Waals surface area contributed by atoms with Crippen molar-refractivity contribution >= 4 is 45.9 Å². The number of carbonyl (C=O) groups is 1. The molecule has 2 fully saturated rings. The third kappa shape index (κ3) is 2.50. The van der Waals surface area contributed by atoms with Gasteiger partial charge in [0, 0.05) is 37.8 Å². The van der Waals surface area contributed by atoms with Crippen LogP contribution in [0.4, 0.5) is 4.39 Å². The highest BCUT2D eigenvalue weighted by Gasteiger charge is 2.51. The summed E-state index contributed by atoms with van der Waals surface area (Å²) in [5, 5.41) is 16.4. The fraction of sp³-hybridized carbons (Fsp3) is 0.476. The monoisotopic (exact) mass is 456 g/mol. The number of carbonyl (C=O) groups excluding carboxylic acids is 1. The molecule has 9 nitrogen and oxygen atoms in total. The van der Waals surface area contributed by atoms with Crippen molar-refractivity contribution in [1.29, 1.82) is 0 Å². The molecule has 1 N–H and O–H groups in total. The Hall–Kier alpha value is -2.85. The standard InChI is InChI=1S/C21H22ClFN8O/c1-24-12-8-9-4-7-13(12)31(9)21-25-19-15(20(32)29(21)2)17(26-27-19)10-5-6-11-14(16(10)23)18(22)30(3)28-11/h5-6,9,12-13,15,24H,4,7-8H2,1-3H3/t9-,12+,13+,15?/m0/s1. The summed E-state index contributed by atoms with van der Waals surface area (Å²) in [5.74, 6) is -0.698. The lowest BCUT2D eigenvalue weighted by molar-refractivity contribution is -0.127. The Morgan fingerprint density at radius 3 is 2.78 bits per heavy atom. The topological polar surface area (TPSA) is 90.5 Å². The van der Waals surface area contributed by atoms with Crippen molar-refractivity contribution in [3.8, 4) is 0 Å². The number of amidine groups is 1. The van der Waals surface area contributed by atoms with Crippen LogP contribution in [0.5, 0.6) is 0 Å². The second-order valence-electron chi connectivity index (χ2n) is 8.76. The van der Waals surface area contributed by atoms with Gasteiger partial charge in [-0.15, -0.1) is 5.10 Å². The number of amides is 1. The molecule has 0 radical (unpaired) electrons. The molecule has 4 aliphatic rings. The number of likely N-dealkylation sites (N-methyl/N-ethyl adjacent to an activating group) is 1. The quantitative estimate of drug-likeness (QED) is 0.745. The Morgan fingerprint density at radius 2 is 2.03 bits per heavy atom. The van der Waals surface area contributed by atoms with E-state index in [0.29, 0.717) is 35.4 Å². The second kappa shape index (κ2) is 6.82. The molecule has 2 aromatic rings. The normalized spacial score (nSPS) is 29.0. The van der Waals surface area contributed by atoms with Gasteiger partial charge in [0.1, 0.15) is 16.9 Å². The van der Waals surface area contributed by atoms with Gasteiger partial charge in [0.2, 0.25) is 11.9 Å². The van der Waals surface area contributed by atoms with Gasteiger partial charge in [-0.2, -0.15) is 15.2 Å². The third-order valence-corrected chi connectivity index (χ3v) is 7.60. The number of aromatic nitrogens is 2. The van der Waals surface area contributed by atoms with Crippen LogP contribution in [0.3, 0.4) is 0 Å². The number of aryl methyl sites for hydroxylation is 1. The number of nitrogens with one attached hydrogen (secondary N) is 1. The number of fused-ring (bicyclic) bond motifs is 4. The van der Waals surface area contributed by atoms with Crippen LogP contribution in [0.25, 0.3) is 10.9 Å². The minimum atomic E-state index is -0.841. The molecule has 166 valence electrons. The molecule has 2 saturated heterocycles. The number of nitrogens with zero attached hydrogens (tertiary/aromatic N) is 7. The maximum atomic E-state index is 15.4. The number of hydrogen-bond donors (Lipinski definition) is 1. The third-order valence-electron chi connectivity index (χ3n) is 7.17. The van der Waals surface area contributed by atoms with Crippen LogP contribution in [0, 0.1) is 11.7 Å². The number of halogens is 2. The molecule has 6 rings (SSSR count). The Kier molecular flexibility index (Phi) is 4.22. The van der Waals surface area contributed by atoms with Crippen LogP contribution < -0.4 is 5.32 Å². The van der Waals surface area contributed by atoms with Crippen molar-refractivity contribution in [2.24, 2.45) is 28.2 Å². The first-order chi connectivity index (χ1) is 15.4. The Bertz CT molecular complexity index is 1270. The summed E-state index contributed by atoms with van der Waals surface area (Å²) in [5.41, 5.74) is 0.874. The van der Waals surface area contributed by atoms with Crippen LogP contribution in [-0.2, 0) is 11.8 Å². The second-order valence-corrected chi connectivity index (χ2v) is 9.12. The maximum absolute atomic E-state index is 15.4. The number of hydrogen-bond acceptors (Lipinski definition) is 7. The van der Waals surface area contributed by atoms with Crippen LogP contribution in [-0.4, -0.2) is 75.2 Å². The largest absolute Gasteiger partial charge is 0.335 e. The van der Waals surface area contributed by atoms with Gasteiger partial charge in [-0.3, -0.25) is 14.4 Å². The molecule has 4 atom stereocenters. The van der Waals surface area contributed by atoms with Crippen molar-refractivity contribution < 1.29 is 9.18 Å². The van der Waals surface area contributed by atoms with E-state index >= 15 is 4.39 Å². The Labute approximate surface area is 188 Å². The summed E-state index contributed by atoms with van der Waals surface area (Å²) >= 11 is 6.25. The van der Waals surface area contributed by atoms with E-state index in [9.17, 15) is 4.79 Å². The molecule has 1 aromatic heterocycles. The van der Waals surface area contributed by atoms with Gasteiger partial charge >= 0.3 is 0 Å². The van der Waals surface area contributed by atoms with E-state index in [2.05, 4.69) is 25.5 Å². The van der Waals surface area contributed by atoms with Crippen LogP contribution >= 0.6 is 11.6 Å². The first-order valence-electron chi connectivity index (χ1n) is 10.7. The highest BCUT2D eigenvalue weighted by molar-refractivity contribution is 6.36. The van der Waals surface area contributed by atoms with Crippen molar-refractivity contribution in [1.82, 2.24) is 24.9 Å². The molecule has 1 amide bonds. The molecule has 0 spiro atoms. The Balaban J connectivity index is 1.38. The SMILES string of the molecule is CN[C@@H]1C[C@@H]2CC[C@H]1N2C1=NC2=NN=C(c3ccc4nn(C)c(Cl)c4c3F)C2C(=O)N1C. The average Bonchev–Trinajstić information content (AvgIpc) is 3.53. The first-order valence-corrected chi connectivity index (χ1v) is 11.1. The summed E-state index contributed by atoms with van der Waals surface area (Å²) < 4.78 is 16.9. The van der Waals surface area contributed by atoms with Gasteiger partial charge in [-0.05, 0) is 38.4 Å². The predicted octanol–water partition coefficient (Wildman–Crippen LogP) is 1.75. The van der Waals surface area contributed by atoms with Gasteiger partial charge < -0.3 is 10.2 Å². The number of guanidine groups is 1. The smallest absolute Gasteiger partial charge is 0.246 e. The highest BCUT2D eigenvalue weighted by atomic mass is 35.5. The molecular weight excluding hydrogens is 435 g/mol. The lowest BCUT2D eigenvalue weighted by Crippen LogP contribution is -2.55. The summed E-state index contributed by atoms with van der Waals surface area (Å²) in [7, 11) is 5.34. The van der Waals surface area contributed by atoms with E-state index in [0.717, 1.165) is 19.3 Å². The first kappa shape index (κ1) is 19.8. The molecule has 1 aromatic carbocycles. The van der Waals surface area contributed by atoms with E-state index in [-0.39, 0.29) is 27.7 Å². The fourth-order valence-electron chi connectivity index (χ4n) is 5.59. The predicted molar refractivity (Wildman–Crippen MR) is 119 cm³/mol. The minimum absolute atomic E-state index is 0.188. The zero-order chi connectivity index (χ0) is 22.3. The summed E-state index contributed by atoms with van der Waals surface area (Å²) in [6.07, 6.45) is 3.17. The van der Waals surface area contributed by atoms with Crippen LogP contribution in [0.2, 0.25) is 5.15 Å². The number of rotatable bonds is 2. The minimum Gasteiger partial charge on any atom is -0.335 e. The molecule has 5 heterocycles. The van der Waals surface area contributed by atoms with Crippen LogP contribution in [0.15, 0.2) is 27.3 Å². The average molecular weight is 457 g/mol.